The standard InChI is InChI=1S/C9H13NO3/c1-5(4-11)10-8(12)6-2-3-7(6)9(10)13/h5-7,11H,2-4H2,1H3/t5?,6-,7+. The van der Waals surface area contributed by atoms with Gasteiger partial charge in [-0.1, -0.05) is 0 Å². The largest absolute Gasteiger partial charge is 0.394 e. The van der Waals surface area contributed by atoms with E-state index in [0.29, 0.717) is 0 Å². The highest BCUT2D eigenvalue weighted by molar-refractivity contribution is 6.06. The Morgan fingerprint density at radius 2 is 1.85 bits per heavy atom. The zero-order chi connectivity index (χ0) is 9.59. The van der Waals surface area contributed by atoms with E-state index in [2.05, 4.69) is 0 Å². The van der Waals surface area contributed by atoms with Gasteiger partial charge in [0.05, 0.1) is 24.5 Å². The van der Waals surface area contributed by atoms with Crippen LogP contribution in [0.25, 0.3) is 0 Å². The van der Waals surface area contributed by atoms with E-state index in [9.17, 15) is 9.59 Å². The van der Waals surface area contributed by atoms with Crippen molar-refractivity contribution in [2.24, 2.45) is 11.8 Å². The van der Waals surface area contributed by atoms with Crippen LogP contribution in [0.1, 0.15) is 19.8 Å². The molecule has 0 aromatic rings. The highest BCUT2D eigenvalue weighted by atomic mass is 16.3. The van der Waals surface area contributed by atoms with Crippen LogP contribution in [0.4, 0.5) is 0 Å². The van der Waals surface area contributed by atoms with Gasteiger partial charge >= 0.3 is 0 Å². The average Bonchev–Trinajstić information content (AvgIpc) is 2.16. The lowest BCUT2D eigenvalue weighted by Gasteiger charge is -2.24. The molecule has 13 heavy (non-hydrogen) atoms. The molecule has 2 aliphatic rings. The van der Waals surface area contributed by atoms with Gasteiger partial charge in [0.1, 0.15) is 0 Å². The highest BCUT2D eigenvalue weighted by Crippen LogP contribution is 2.42. The molecule has 1 unspecified atom stereocenters. The Balaban J connectivity index is 2.19. The molecule has 0 radical (unpaired) electrons. The number of aliphatic hydroxyl groups is 1. The van der Waals surface area contributed by atoms with Gasteiger partial charge in [-0.3, -0.25) is 14.5 Å². The first kappa shape index (κ1) is 8.69. The third-order valence-electron chi connectivity index (χ3n) is 3.09. The van der Waals surface area contributed by atoms with Gasteiger partial charge in [-0.15, -0.1) is 0 Å². The van der Waals surface area contributed by atoms with Crippen molar-refractivity contribution in [3.63, 3.8) is 0 Å². The third kappa shape index (κ3) is 1.01. The smallest absolute Gasteiger partial charge is 0.233 e. The molecular formula is C9H13NO3. The molecule has 4 nitrogen and oxygen atoms in total. The number of rotatable bonds is 2. The maximum Gasteiger partial charge on any atom is 0.233 e. The second kappa shape index (κ2) is 2.80. The van der Waals surface area contributed by atoms with Gasteiger partial charge < -0.3 is 5.11 Å². The molecule has 1 N–H and O–H groups in total. The van der Waals surface area contributed by atoms with Crippen LogP contribution in [-0.4, -0.2) is 34.5 Å². The number of hydrogen-bond acceptors (Lipinski definition) is 3. The second-order valence-electron chi connectivity index (χ2n) is 3.87. The molecule has 4 heteroatoms. The number of fused-ring (bicyclic) bond motifs is 1. The van der Waals surface area contributed by atoms with E-state index in [4.69, 9.17) is 5.11 Å². The molecule has 0 aromatic carbocycles. The number of carbonyl (C=O) groups excluding carboxylic acids is 2. The normalized spacial score (nSPS) is 34.5. The number of likely N-dealkylation sites (tertiary alicyclic amines) is 1. The Bertz CT molecular complexity index is 242. The summed E-state index contributed by atoms with van der Waals surface area (Å²) in [6.07, 6.45) is 1.67. The van der Waals surface area contributed by atoms with Crippen LogP contribution in [0.15, 0.2) is 0 Å². The fourth-order valence-electron chi connectivity index (χ4n) is 2.07. The van der Waals surface area contributed by atoms with Crippen molar-refractivity contribution in [3.8, 4) is 0 Å². The summed E-state index contributed by atoms with van der Waals surface area (Å²) in [5.74, 6) is -0.298. The first-order chi connectivity index (χ1) is 6.16. The van der Waals surface area contributed by atoms with Crippen LogP contribution in [-0.2, 0) is 9.59 Å². The zero-order valence-electron chi connectivity index (χ0n) is 7.56. The van der Waals surface area contributed by atoms with Gasteiger partial charge in [0.15, 0.2) is 0 Å². The van der Waals surface area contributed by atoms with Gasteiger partial charge in [0.25, 0.3) is 0 Å². The molecule has 72 valence electrons. The number of carbonyl (C=O) groups is 2. The molecular weight excluding hydrogens is 170 g/mol. The number of imide groups is 1. The van der Waals surface area contributed by atoms with E-state index in [1.807, 2.05) is 0 Å². The first-order valence-corrected chi connectivity index (χ1v) is 4.64. The molecule has 2 amide bonds. The zero-order valence-corrected chi connectivity index (χ0v) is 7.56. The summed E-state index contributed by atoms with van der Waals surface area (Å²) >= 11 is 0. The van der Waals surface area contributed by atoms with Gasteiger partial charge in [0, 0.05) is 0 Å². The summed E-state index contributed by atoms with van der Waals surface area (Å²) < 4.78 is 0. The van der Waals surface area contributed by atoms with Crippen molar-refractivity contribution < 1.29 is 14.7 Å². The topological polar surface area (TPSA) is 57.6 Å². The van der Waals surface area contributed by atoms with Crippen molar-refractivity contribution >= 4 is 11.8 Å². The molecule has 1 aliphatic heterocycles. The van der Waals surface area contributed by atoms with E-state index in [0.717, 1.165) is 12.8 Å². The first-order valence-electron chi connectivity index (χ1n) is 4.64. The predicted molar refractivity (Wildman–Crippen MR) is 44.6 cm³/mol. The summed E-state index contributed by atoms with van der Waals surface area (Å²) in [5, 5.41) is 8.88. The molecule has 2 rings (SSSR count). The minimum atomic E-state index is -0.356. The van der Waals surface area contributed by atoms with E-state index >= 15 is 0 Å². The molecule has 1 saturated heterocycles. The van der Waals surface area contributed by atoms with Crippen LogP contribution in [0.5, 0.6) is 0 Å². The average molecular weight is 183 g/mol. The van der Waals surface area contributed by atoms with Crippen LogP contribution in [0.3, 0.4) is 0 Å². The summed E-state index contributed by atoms with van der Waals surface area (Å²) in [6, 6.07) is -0.356. The maximum absolute atomic E-state index is 11.6. The van der Waals surface area contributed by atoms with Crippen LogP contribution >= 0.6 is 0 Å². The lowest BCUT2D eigenvalue weighted by molar-refractivity contribution is -0.142. The fraction of sp³-hybridized carbons (Fsp3) is 0.778. The molecule has 1 saturated carbocycles. The van der Waals surface area contributed by atoms with E-state index in [1.165, 1.54) is 4.90 Å². The summed E-state index contributed by atoms with van der Waals surface area (Å²) in [5.41, 5.74) is 0. The fourth-order valence-corrected chi connectivity index (χ4v) is 2.07. The van der Waals surface area contributed by atoms with Crippen LogP contribution in [0, 0.1) is 11.8 Å². The molecule has 3 atom stereocenters. The van der Waals surface area contributed by atoms with Crippen LogP contribution < -0.4 is 0 Å². The van der Waals surface area contributed by atoms with Crippen molar-refractivity contribution in [3.05, 3.63) is 0 Å². The SMILES string of the molecule is CC(CO)N1C(=O)[C@H]2CC[C@H]2C1=O. The molecule has 0 aromatic heterocycles. The number of hydrogen-bond donors (Lipinski definition) is 1. The maximum atomic E-state index is 11.6. The highest BCUT2D eigenvalue weighted by Gasteiger charge is 2.53. The van der Waals surface area contributed by atoms with Crippen molar-refractivity contribution in [1.82, 2.24) is 4.90 Å². The van der Waals surface area contributed by atoms with E-state index in [-0.39, 0.29) is 36.3 Å². The number of nitrogens with zero attached hydrogens (tertiary/aromatic N) is 1. The lowest BCUT2D eigenvalue weighted by atomic mass is 9.76. The predicted octanol–water partition coefficient (Wildman–Crippen LogP) is -0.238. The lowest BCUT2D eigenvalue weighted by Crippen LogP contribution is -2.40. The van der Waals surface area contributed by atoms with Gasteiger partial charge in [-0.05, 0) is 19.8 Å². The van der Waals surface area contributed by atoms with Gasteiger partial charge in [-0.25, -0.2) is 0 Å². The van der Waals surface area contributed by atoms with Crippen molar-refractivity contribution in [2.75, 3.05) is 6.61 Å². The molecule has 2 fully saturated rings. The third-order valence-corrected chi connectivity index (χ3v) is 3.09. The molecule has 0 bridgehead atoms. The molecule has 0 spiro atoms. The molecule has 1 heterocycles. The van der Waals surface area contributed by atoms with E-state index < -0.39 is 0 Å². The van der Waals surface area contributed by atoms with Gasteiger partial charge in [-0.2, -0.15) is 0 Å². The number of aliphatic hydroxyl groups excluding tert-OH is 1. The Hall–Kier alpha value is -0.900. The quantitative estimate of drug-likeness (QED) is 0.601. The minimum Gasteiger partial charge on any atom is -0.394 e. The van der Waals surface area contributed by atoms with Crippen molar-refractivity contribution in [1.29, 1.82) is 0 Å². The summed E-state index contributed by atoms with van der Waals surface area (Å²) in [4.78, 5) is 24.4. The monoisotopic (exact) mass is 183 g/mol. The Morgan fingerprint density at radius 3 is 2.15 bits per heavy atom. The van der Waals surface area contributed by atoms with Crippen LogP contribution in [0.2, 0.25) is 0 Å². The minimum absolute atomic E-state index is 0.0681. The molecule has 1 aliphatic carbocycles. The number of amides is 2. The Kier molecular flexibility index (Phi) is 1.87. The summed E-state index contributed by atoms with van der Waals surface area (Å²) in [7, 11) is 0. The van der Waals surface area contributed by atoms with Gasteiger partial charge in [0.2, 0.25) is 11.8 Å². The Morgan fingerprint density at radius 1 is 1.38 bits per heavy atom. The van der Waals surface area contributed by atoms with E-state index in [1.54, 1.807) is 6.92 Å². The Labute approximate surface area is 76.5 Å². The summed E-state index contributed by atoms with van der Waals surface area (Å²) in [6.45, 7) is 1.55. The van der Waals surface area contributed by atoms with Crippen molar-refractivity contribution in [2.45, 2.75) is 25.8 Å². The second-order valence-corrected chi connectivity index (χ2v) is 3.87.